The lowest BCUT2D eigenvalue weighted by atomic mass is 10.0. The van der Waals surface area contributed by atoms with Crippen LogP contribution in [0.3, 0.4) is 0 Å². The summed E-state index contributed by atoms with van der Waals surface area (Å²) in [5.74, 6) is 0. The first-order valence-corrected chi connectivity index (χ1v) is 6.44. The van der Waals surface area contributed by atoms with Gasteiger partial charge in [-0.15, -0.1) is 11.3 Å². The van der Waals surface area contributed by atoms with Gasteiger partial charge in [-0.2, -0.15) is 0 Å². The molecule has 3 heteroatoms. The number of hydrogen-bond donors (Lipinski definition) is 2. The lowest BCUT2D eigenvalue weighted by molar-refractivity contribution is 0.0140. The molecule has 2 nitrogen and oxygen atoms in total. The molecular formula is C13H16O2S. The second-order valence-corrected chi connectivity index (χ2v) is 4.90. The SMILES string of the molecule is CCCC(O)C(O)c1cccc2ccsc12. The Hall–Kier alpha value is -0.900. The highest BCUT2D eigenvalue weighted by Crippen LogP contribution is 2.31. The highest BCUT2D eigenvalue weighted by atomic mass is 32.1. The van der Waals surface area contributed by atoms with E-state index in [2.05, 4.69) is 0 Å². The van der Waals surface area contributed by atoms with Crippen LogP contribution >= 0.6 is 11.3 Å². The fourth-order valence-corrected chi connectivity index (χ4v) is 2.86. The maximum Gasteiger partial charge on any atom is 0.106 e. The molecule has 0 aliphatic rings. The van der Waals surface area contributed by atoms with Gasteiger partial charge in [0.2, 0.25) is 0 Å². The molecule has 0 fully saturated rings. The summed E-state index contributed by atoms with van der Waals surface area (Å²) < 4.78 is 1.07. The minimum atomic E-state index is -0.776. The van der Waals surface area contributed by atoms with Crippen LogP contribution < -0.4 is 0 Å². The van der Waals surface area contributed by atoms with E-state index >= 15 is 0 Å². The molecule has 2 atom stereocenters. The van der Waals surface area contributed by atoms with Crippen LogP contribution in [-0.2, 0) is 0 Å². The molecule has 0 saturated carbocycles. The molecular weight excluding hydrogens is 220 g/mol. The van der Waals surface area contributed by atoms with Gasteiger partial charge in [-0.1, -0.05) is 31.5 Å². The number of thiophene rings is 1. The molecule has 1 heterocycles. The van der Waals surface area contributed by atoms with Crippen LogP contribution in [-0.4, -0.2) is 16.3 Å². The van der Waals surface area contributed by atoms with Crippen LogP contribution in [0.15, 0.2) is 29.6 Å². The Morgan fingerprint density at radius 2 is 2.06 bits per heavy atom. The molecule has 86 valence electrons. The van der Waals surface area contributed by atoms with Crippen LogP contribution in [0.2, 0.25) is 0 Å². The maximum absolute atomic E-state index is 10.1. The van der Waals surface area contributed by atoms with Crippen LogP contribution in [0.25, 0.3) is 10.1 Å². The number of hydrogen-bond acceptors (Lipinski definition) is 3. The van der Waals surface area contributed by atoms with Crippen molar-refractivity contribution in [3.8, 4) is 0 Å². The molecule has 16 heavy (non-hydrogen) atoms. The molecule has 0 radical (unpaired) electrons. The molecule has 0 amide bonds. The normalized spacial score (nSPS) is 15.2. The van der Waals surface area contributed by atoms with E-state index in [0.29, 0.717) is 6.42 Å². The van der Waals surface area contributed by atoms with Gasteiger partial charge in [0, 0.05) is 10.3 Å². The van der Waals surface area contributed by atoms with Crippen molar-refractivity contribution in [1.29, 1.82) is 0 Å². The van der Waals surface area contributed by atoms with E-state index in [0.717, 1.165) is 22.1 Å². The number of fused-ring (bicyclic) bond motifs is 1. The zero-order chi connectivity index (χ0) is 11.5. The zero-order valence-electron chi connectivity index (χ0n) is 9.26. The summed E-state index contributed by atoms with van der Waals surface area (Å²) >= 11 is 1.61. The summed E-state index contributed by atoms with van der Waals surface area (Å²) in [6, 6.07) is 7.87. The topological polar surface area (TPSA) is 40.5 Å². The maximum atomic E-state index is 10.1. The molecule has 2 N–H and O–H groups in total. The first kappa shape index (κ1) is 11.6. The van der Waals surface area contributed by atoms with Gasteiger partial charge in [-0.25, -0.2) is 0 Å². The first-order chi connectivity index (χ1) is 7.74. The second-order valence-electron chi connectivity index (χ2n) is 3.99. The van der Waals surface area contributed by atoms with Crippen molar-refractivity contribution in [3.63, 3.8) is 0 Å². The van der Waals surface area contributed by atoms with Crippen LogP contribution in [0.1, 0.15) is 31.4 Å². The van der Waals surface area contributed by atoms with Crippen LogP contribution in [0.5, 0.6) is 0 Å². The molecule has 0 aliphatic carbocycles. The Morgan fingerprint density at radius 1 is 1.25 bits per heavy atom. The molecule has 2 rings (SSSR count). The van der Waals surface area contributed by atoms with E-state index in [-0.39, 0.29) is 0 Å². The fourth-order valence-electron chi connectivity index (χ4n) is 1.91. The van der Waals surface area contributed by atoms with E-state index in [9.17, 15) is 10.2 Å². The van der Waals surface area contributed by atoms with Gasteiger partial charge in [0.1, 0.15) is 6.10 Å². The lowest BCUT2D eigenvalue weighted by Gasteiger charge is -2.18. The van der Waals surface area contributed by atoms with Gasteiger partial charge in [0.05, 0.1) is 6.10 Å². The molecule has 2 unspecified atom stereocenters. The van der Waals surface area contributed by atoms with Crippen molar-refractivity contribution < 1.29 is 10.2 Å². The van der Waals surface area contributed by atoms with E-state index in [1.807, 2.05) is 36.6 Å². The van der Waals surface area contributed by atoms with Crippen LogP contribution in [0.4, 0.5) is 0 Å². The Labute approximate surface area is 99.2 Å². The lowest BCUT2D eigenvalue weighted by Crippen LogP contribution is -2.17. The van der Waals surface area contributed by atoms with Gasteiger partial charge in [-0.3, -0.25) is 0 Å². The minimum absolute atomic E-state index is 0.628. The summed E-state index contributed by atoms with van der Waals surface area (Å²) in [5.41, 5.74) is 0.841. The quantitative estimate of drug-likeness (QED) is 0.856. The first-order valence-electron chi connectivity index (χ1n) is 5.56. The standard InChI is InChI=1S/C13H16O2S/c1-2-4-11(14)12(15)10-6-3-5-9-7-8-16-13(9)10/h3,5-8,11-12,14-15H,2,4H2,1H3. The largest absolute Gasteiger partial charge is 0.390 e. The molecule has 0 aliphatic heterocycles. The van der Waals surface area contributed by atoms with Gasteiger partial charge < -0.3 is 10.2 Å². The zero-order valence-corrected chi connectivity index (χ0v) is 10.1. The van der Waals surface area contributed by atoms with Crippen molar-refractivity contribution in [3.05, 3.63) is 35.2 Å². The summed E-state index contributed by atoms with van der Waals surface area (Å²) in [7, 11) is 0. The molecule has 2 aromatic rings. The minimum Gasteiger partial charge on any atom is -0.390 e. The predicted octanol–water partition coefficient (Wildman–Crippen LogP) is 3.10. The average Bonchev–Trinajstić information content (AvgIpc) is 2.76. The number of rotatable bonds is 4. The summed E-state index contributed by atoms with van der Waals surface area (Å²) in [6.07, 6.45) is 0.0571. The highest BCUT2D eigenvalue weighted by molar-refractivity contribution is 7.17. The van der Waals surface area contributed by atoms with Crippen molar-refractivity contribution in [2.24, 2.45) is 0 Å². The molecule has 0 bridgehead atoms. The molecule has 0 saturated heterocycles. The second kappa shape index (κ2) is 4.95. The van der Waals surface area contributed by atoms with Crippen molar-refractivity contribution in [1.82, 2.24) is 0 Å². The van der Waals surface area contributed by atoms with Crippen molar-refractivity contribution in [2.75, 3.05) is 0 Å². The number of aliphatic hydroxyl groups is 2. The van der Waals surface area contributed by atoms with E-state index in [4.69, 9.17) is 0 Å². The fraction of sp³-hybridized carbons (Fsp3) is 0.385. The van der Waals surface area contributed by atoms with E-state index in [1.54, 1.807) is 11.3 Å². The third kappa shape index (κ3) is 2.12. The Kier molecular flexibility index (Phi) is 3.59. The molecule has 1 aromatic carbocycles. The van der Waals surface area contributed by atoms with Gasteiger partial charge in [0.15, 0.2) is 0 Å². The summed E-state index contributed by atoms with van der Waals surface area (Å²) in [6.45, 7) is 2.00. The number of aliphatic hydroxyl groups excluding tert-OH is 2. The van der Waals surface area contributed by atoms with E-state index < -0.39 is 12.2 Å². The Morgan fingerprint density at radius 3 is 2.81 bits per heavy atom. The van der Waals surface area contributed by atoms with Crippen LogP contribution in [0, 0.1) is 0 Å². The molecule has 1 aromatic heterocycles. The third-order valence-electron chi connectivity index (χ3n) is 2.78. The monoisotopic (exact) mass is 236 g/mol. The Balaban J connectivity index is 2.35. The average molecular weight is 236 g/mol. The summed E-state index contributed by atoms with van der Waals surface area (Å²) in [4.78, 5) is 0. The van der Waals surface area contributed by atoms with Gasteiger partial charge >= 0.3 is 0 Å². The third-order valence-corrected chi connectivity index (χ3v) is 3.76. The Bertz CT molecular complexity index is 464. The van der Waals surface area contributed by atoms with E-state index in [1.165, 1.54) is 0 Å². The van der Waals surface area contributed by atoms with Gasteiger partial charge in [0.25, 0.3) is 0 Å². The molecule has 0 spiro atoms. The van der Waals surface area contributed by atoms with Crippen molar-refractivity contribution in [2.45, 2.75) is 32.0 Å². The van der Waals surface area contributed by atoms with Crippen molar-refractivity contribution >= 4 is 21.4 Å². The smallest absolute Gasteiger partial charge is 0.106 e. The predicted molar refractivity (Wildman–Crippen MR) is 67.7 cm³/mol. The van der Waals surface area contributed by atoms with Gasteiger partial charge in [-0.05, 0) is 23.3 Å². The number of benzene rings is 1. The highest BCUT2D eigenvalue weighted by Gasteiger charge is 2.19. The summed E-state index contributed by atoms with van der Waals surface area (Å²) in [5, 5.41) is 23.1.